The summed E-state index contributed by atoms with van der Waals surface area (Å²) in [7, 11) is 3.05. The van der Waals surface area contributed by atoms with E-state index in [1.54, 1.807) is 7.11 Å². The average Bonchev–Trinajstić information content (AvgIpc) is 2.56. The number of rotatable bonds is 8. The lowest BCUT2D eigenvalue weighted by Crippen LogP contribution is -2.37. The number of esters is 1. The predicted molar refractivity (Wildman–Crippen MR) is 79.4 cm³/mol. The average molecular weight is 308 g/mol. The molecule has 0 atom stereocenters. The summed E-state index contributed by atoms with van der Waals surface area (Å²) in [6.45, 7) is -0.531. The minimum absolute atomic E-state index is 0.140. The molecule has 0 heterocycles. The summed E-state index contributed by atoms with van der Waals surface area (Å²) in [5.74, 6) is -0.550. The number of nitrogens with one attached hydrogen (secondary N) is 2. The van der Waals surface area contributed by atoms with Crippen molar-refractivity contribution < 1.29 is 23.9 Å². The summed E-state index contributed by atoms with van der Waals surface area (Å²) in [6, 6.07) is 7.35. The largest absolute Gasteiger partial charge is 0.497 e. The van der Waals surface area contributed by atoms with Crippen LogP contribution in [0.4, 0.5) is 0 Å². The van der Waals surface area contributed by atoms with E-state index in [4.69, 9.17) is 9.47 Å². The van der Waals surface area contributed by atoms with E-state index in [1.807, 2.05) is 24.3 Å². The van der Waals surface area contributed by atoms with Crippen LogP contribution in [0.5, 0.6) is 5.75 Å². The molecule has 0 bridgehead atoms. The molecule has 0 fully saturated rings. The first-order chi connectivity index (χ1) is 10.5. The van der Waals surface area contributed by atoms with Gasteiger partial charge in [0.1, 0.15) is 5.75 Å². The van der Waals surface area contributed by atoms with Crippen LogP contribution < -0.4 is 15.4 Å². The summed E-state index contributed by atoms with van der Waals surface area (Å²) in [5, 5.41) is 4.69. The number of hydrogen-bond acceptors (Lipinski definition) is 5. The lowest BCUT2D eigenvalue weighted by molar-refractivity contribution is -0.148. The number of methoxy groups -OCH3 is 1. The fourth-order valence-corrected chi connectivity index (χ4v) is 1.58. The van der Waals surface area contributed by atoms with E-state index in [1.165, 1.54) is 7.05 Å². The van der Waals surface area contributed by atoms with Crippen molar-refractivity contribution in [3.05, 3.63) is 29.8 Å². The highest BCUT2D eigenvalue weighted by Crippen LogP contribution is 2.12. The van der Waals surface area contributed by atoms with E-state index >= 15 is 0 Å². The van der Waals surface area contributed by atoms with Crippen molar-refractivity contribution in [2.45, 2.75) is 12.8 Å². The Bertz CT molecular complexity index is 513. The molecule has 22 heavy (non-hydrogen) atoms. The van der Waals surface area contributed by atoms with Crippen LogP contribution in [0.1, 0.15) is 12.0 Å². The maximum atomic E-state index is 11.5. The first-order valence-corrected chi connectivity index (χ1v) is 6.81. The van der Waals surface area contributed by atoms with Crippen molar-refractivity contribution in [3.63, 3.8) is 0 Å². The molecule has 0 unspecified atom stereocenters. The van der Waals surface area contributed by atoms with Crippen molar-refractivity contribution in [2.75, 3.05) is 27.3 Å². The van der Waals surface area contributed by atoms with E-state index in [2.05, 4.69) is 10.6 Å². The van der Waals surface area contributed by atoms with E-state index in [0.29, 0.717) is 6.42 Å². The van der Waals surface area contributed by atoms with E-state index in [0.717, 1.165) is 11.3 Å². The molecule has 2 amide bonds. The minimum atomic E-state index is -0.513. The minimum Gasteiger partial charge on any atom is -0.497 e. The van der Waals surface area contributed by atoms with Crippen LogP contribution in [0.15, 0.2) is 24.3 Å². The highest BCUT2D eigenvalue weighted by Gasteiger charge is 2.09. The number of carbonyl (C=O) groups is 3. The molecule has 0 saturated heterocycles. The van der Waals surface area contributed by atoms with Gasteiger partial charge in [-0.15, -0.1) is 0 Å². The summed E-state index contributed by atoms with van der Waals surface area (Å²) >= 11 is 0. The normalized spacial score (nSPS) is 9.73. The Morgan fingerprint density at radius 3 is 2.36 bits per heavy atom. The molecule has 0 aliphatic heterocycles. The Morgan fingerprint density at radius 2 is 1.77 bits per heavy atom. The Labute approximate surface area is 129 Å². The lowest BCUT2D eigenvalue weighted by atomic mass is 10.1. The van der Waals surface area contributed by atoms with Crippen LogP contribution in [0.25, 0.3) is 0 Å². The number of likely N-dealkylation sites (N-methyl/N-ethyl adjacent to an activating group) is 1. The zero-order valence-corrected chi connectivity index (χ0v) is 12.7. The van der Waals surface area contributed by atoms with Gasteiger partial charge >= 0.3 is 5.97 Å². The van der Waals surface area contributed by atoms with Crippen molar-refractivity contribution >= 4 is 17.8 Å². The molecule has 0 aliphatic rings. The Hall–Kier alpha value is -2.57. The molecule has 1 aromatic rings. The third-order valence-electron chi connectivity index (χ3n) is 2.87. The van der Waals surface area contributed by atoms with Gasteiger partial charge in [-0.1, -0.05) is 12.1 Å². The fraction of sp³-hybridized carbons (Fsp3) is 0.400. The molecule has 0 radical (unpaired) electrons. The number of benzene rings is 1. The Kier molecular flexibility index (Phi) is 7.45. The molecular formula is C15H20N2O5. The van der Waals surface area contributed by atoms with Gasteiger partial charge in [0.25, 0.3) is 5.91 Å². The molecule has 1 aromatic carbocycles. The van der Waals surface area contributed by atoms with Crippen LogP contribution in [0.2, 0.25) is 0 Å². The van der Waals surface area contributed by atoms with Gasteiger partial charge in [0.05, 0.1) is 13.7 Å². The number of carbonyl (C=O) groups excluding carboxylic acids is 3. The molecule has 7 nitrogen and oxygen atoms in total. The molecule has 0 aromatic heterocycles. The van der Waals surface area contributed by atoms with Crippen molar-refractivity contribution in [3.8, 4) is 5.75 Å². The van der Waals surface area contributed by atoms with Crippen molar-refractivity contribution in [1.82, 2.24) is 10.6 Å². The molecule has 0 aliphatic carbocycles. The zero-order chi connectivity index (χ0) is 16.4. The molecule has 0 saturated carbocycles. The summed E-state index contributed by atoms with van der Waals surface area (Å²) < 4.78 is 9.87. The van der Waals surface area contributed by atoms with Gasteiger partial charge < -0.3 is 20.1 Å². The van der Waals surface area contributed by atoms with Gasteiger partial charge in [-0.2, -0.15) is 0 Å². The topological polar surface area (TPSA) is 93.7 Å². The maximum Gasteiger partial charge on any atom is 0.306 e. The quantitative estimate of drug-likeness (QED) is 0.661. The van der Waals surface area contributed by atoms with E-state index in [-0.39, 0.29) is 18.9 Å². The molecule has 2 N–H and O–H groups in total. The van der Waals surface area contributed by atoms with Crippen LogP contribution >= 0.6 is 0 Å². The summed E-state index contributed by atoms with van der Waals surface area (Å²) in [4.78, 5) is 33.8. The first-order valence-electron chi connectivity index (χ1n) is 6.81. The summed E-state index contributed by atoms with van der Waals surface area (Å²) in [5.41, 5.74) is 0.974. The highest BCUT2D eigenvalue weighted by atomic mass is 16.5. The van der Waals surface area contributed by atoms with Crippen molar-refractivity contribution in [2.24, 2.45) is 0 Å². The Balaban J connectivity index is 2.22. The molecule has 7 heteroatoms. The van der Waals surface area contributed by atoms with Gasteiger partial charge in [-0.3, -0.25) is 14.4 Å². The monoisotopic (exact) mass is 308 g/mol. The predicted octanol–water partition coefficient (Wildman–Crippen LogP) is 0.0332. The first kappa shape index (κ1) is 17.5. The second kappa shape index (κ2) is 9.38. The highest BCUT2D eigenvalue weighted by molar-refractivity contribution is 5.86. The second-order valence-corrected chi connectivity index (χ2v) is 4.46. The van der Waals surface area contributed by atoms with Crippen LogP contribution in [0, 0.1) is 0 Å². The van der Waals surface area contributed by atoms with Crippen LogP contribution in [0.3, 0.4) is 0 Å². The van der Waals surface area contributed by atoms with E-state index in [9.17, 15) is 14.4 Å². The van der Waals surface area contributed by atoms with Crippen molar-refractivity contribution in [1.29, 1.82) is 0 Å². The number of hydrogen-bond donors (Lipinski definition) is 2. The molecule has 120 valence electrons. The zero-order valence-electron chi connectivity index (χ0n) is 12.7. The number of aryl methyl sites for hydroxylation is 1. The molecule has 0 spiro atoms. The third-order valence-corrected chi connectivity index (χ3v) is 2.87. The fourth-order valence-electron chi connectivity index (χ4n) is 1.58. The number of amides is 2. The smallest absolute Gasteiger partial charge is 0.306 e. The van der Waals surface area contributed by atoms with Crippen LogP contribution in [-0.4, -0.2) is 45.1 Å². The third kappa shape index (κ3) is 6.74. The lowest BCUT2D eigenvalue weighted by Gasteiger charge is -2.06. The van der Waals surface area contributed by atoms with Gasteiger partial charge in [-0.25, -0.2) is 0 Å². The SMILES string of the molecule is CNC(=O)CNC(=O)COC(=O)CCc1ccc(OC)cc1. The molecular weight excluding hydrogens is 288 g/mol. The number of ether oxygens (including phenoxy) is 2. The Morgan fingerprint density at radius 1 is 1.09 bits per heavy atom. The van der Waals surface area contributed by atoms with E-state index < -0.39 is 18.5 Å². The van der Waals surface area contributed by atoms with Gasteiger partial charge in [0, 0.05) is 13.5 Å². The molecule has 1 rings (SSSR count). The van der Waals surface area contributed by atoms with Gasteiger partial charge in [0.15, 0.2) is 6.61 Å². The standard InChI is InChI=1S/C15H20N2O5/c1-16-13(18)9-17-14(19)10-22-15(20)8-5-11-3-6-12(21-2)7-4-11/h3-4,6-7H,5,8-10H2,1-2H3,(H,16,18)(H,17,19). The van der Waals surface area contributed by atoms with Gasteiger partial charge in [-0.05, 0) is 24.1 Å². The summed E-state index contributed by atoms with van der Waals surface area (Å²) in [6.07, 6.45) is 0.692. The second-order valence-electron chi connectivity index (χ2n) is 4.46. The van der Waals surface area contributed by atoms with Crippen LogP contribution in [-0.2, 0) is 25.5 Å². The van der Waals surface area contributed by atoms with Gasteiger partial charge in [0.2, 0.25) is 5.91 Å². The maximum absolute atomic E-state index is 11.5.